The summed E-state index contributed by atoms with van der Waals surface area (Å²) in [5.41, 5.74) is 23.1. The first-order valence-corrected chi connectivity index (χ1v) is 34.4. The Morgan fingerprint density at radius 1 is 0.257 bits per heavy atom. The summed E-state index contributed by atoms with van der Waals surface area (Å²) in [6.45, 7) is 0. The molecule has 1 aliphatic rings. The Labute approximate surface area is 584 Å². The number of fused-ring (bicyclic) bond motifs is 18. The average Bonchev–Trinajstić information content (AvgIpc) is 1.63. The normalized spacial score (nSPS) is 12.0. The summed E-state index contributed by atoms with van der Waals surface area (Å²) in [6, 6.07) is 114. The molecule has 22 rings (SSSR count). The van der Waals surface area contributed by atoms with Crippen molar-refractivity contribution in [3.63, 3.8) is 0 Å². The highest BCUT2D eigenvalue weighted by Gasteiger charge is 2.23. The van der Waals surface area contributed by atoms with E-state index in [2.05, 4.69) is 229 Å². The van der Waals surface area contributed by atoms with Crippen LogP contribution in [-0.4, -0.2) is 24.5 Å². The van der Waals surface area contributed by atoms with Gasteiger partial charge in [-0.15, -0.1) is 0 Å². The van der Waals surface area contributed by atoms with Crippen LogP contribution in [0.5, 0.6) is 0 Å². The standard InChI is InChI=1S/C46H27N3O.C30H17ClN2O.C17H12/c1-2-12-29-25-42-37(24-28(29)11-1)34-15-5-9-19-40(34)49(42)41-26-32(23-30-13-3-4-14-33(30)41)46-45(47-38-17-7-8-18-39(38)48-46)31-21-22-36-35-16-6-10-20-43(35)50-44(36)27-31;31-24-16-20(15-18-7-1-2-8-21(18)24)30-29(32-25-10-4-5-11-26(25)33-30)19-13-14-23-22-9-3-6-12-27(22)34-28(23)17-19;1-2-6-13-11-17-15(9-12(13)5-1)10-14-7-3-4-8-16(14)17/h1-27H;1-17H;1-9,11H,10H2. The predicted octanol–water partition coefficient (Wildman–Crippen LogP) is 25.3. The van der Waals surface area contributed by atoms with Gasteiger partial charge in [-0.25, -0.2) is 19.9 Å². The molecule has 0 atom stereocenters. The van der Waals surface area contributed by atoms with Crippen LogP contribution in [-0.2, 0) is 6.42 Å². The molecular formula is C93H56ClN5O2. The fourth-order valence-corrected chi connectivity index (χ4v) is 15.6. The minimum Gasteiger partial charge on any atom is -0.456 e. The number of halogens is 1. The maximum Gasteiger partial charge on any atom is 0.136 e. The predicted molar refractivity (Wildman–Crippen MR) is 419 cm³/mol. The van der Waals surface area contributed by atoms with Crippen molar-refractivity contribution < 1.29 is 8.83 Å². The van der Waals surface area contributed by atoms with Crippen molar-refractivity contribution in [3.8, 4) is 61.8 Å². The van der Waals surface area contributed by atoms with Gasteiger partial charge in [0.05, 0.1) is 61.6 Å². The van der Waals surface area contributed by atoms with Gasteiger partial charge in [0, 0.05) is 70.4 Å². The van der Waals surface area contributed by atoms with Crippen LogP contribution < -0.4 is 0 Å². The first-order chi connectivity index (χ1) is 49.9. The zero-order chi connectivity index (χ0) is 66.7. The summed E-state index contributed by atoms with van der Waals surface area (Å²) >= 11 is 6.69. The highest BCUT2D eigenvalue weighted by atomic mass is 35.5. The van der Waals surface area contributed by atoms with E-state index in [0.29, 0.717) is 5.02 Å². The average molecular weight is 1310 g/mol. The van der Waals surface area contributed by atoms with Gasteiger partial charge in [0.15, 0.2) is 0 Å². The number of benzene rings is 16. The molecule has 0 saturated carbocycles. The van der Waals surface area contributed by atoms with E-state index in [4.69, 9.17) is 40.4 Å². The Morgan fingerprint density at radius 3 is 1.28 bits per heavy atom. The number of para-hydroxylation sites is 7. The maximum atomic E-state index is 6.69. The molecular weight excluding hydrogens is 1250 g/mol. The number of nitrogens with zero attached hydrogens (tertiary/aromatic N) is 5. The van der Waals surface area contributed by atoms with E-state index in [1.807, 2.05) is 103 Å². The van der Waals surface area contributed by atoms with E-state index >= 15 is 0 Å². The minimum absolute atomic E-state index is 0.696. The molecule has 0 spiro atoms. The quantitative estimate of drug-likeness (QED) is 0.171. The SMILES string of the molecule is Clc1cc(-c2nc3ccccc3nc2-c2ccc3c(c2)oc2ccccc23)cc2ccccc12.c1ccc2c(c1)Cc1cc3ccccc3cc1-2.c1ccc2cc3c(cc2c1)c1ccccc1n3-c1cc(-c2nc3ccccc3nc2-c2ccc3c(c2)oc2ccccc23)cc2ccccc12. The first kappa shape index (κ1) is 58.1. The lowest BCUT2D eigenvalue weighted by atomic mass is 9.98. The molecule has 0 aliphatic heterocycles. The summed E-state index contributed by atoms with van der Waals surface area (Å²) in [7, 11) is 0. The number of aromatic nitrogens is 5. The lowest BCUT2D eigenvalue weighted by molar-refractivity contribution is 0.668. The molecule has 5 heterocycles. The number of hydrogen-bond donors (Lipinski definition) is 0. The first-order valence-electron chi connectivity index (χ1n) is 34.0. The highest BCUT2D eigenvalue weighted by Crippen LogP contribution is 2.44. The Balaban J connectivity index is 0.000000115. The van der Waals surface area contributed by atoms with Gasteiger partial charge in [-0.3, -0.25) is 0 Å². The van der Waals surface area contributed by atoms with Crippen molar-refractivity contribution in [1.29, 1.82) is 0 Å². The summed E-state index contributed by atoms with van der Waals surface area (Å²) in [5.74, 6) is 0. The van der Waals surface area contributed by atoms with Crippen LogP contribution in [0.15, 0.2) is 336 Å². The van der Waals surface area contributed by atoms with Crippen LogP contribution in [0, 0.1) is 0 Å². The molecule has 0 radical (unpaired) electrons. The Hall–Kier alpha value is -13.1. The van der Waals surface area contributed by atoms with Gasteiger partial charge in [0.2, 0.25) is 0 Å². The molecule has 0 amide bonds. The Kier molecular flexibility index (Phi) is 13.6. The number of rotatable bonds is 5. The second kappa shape index (κ2) is 23.6. The molecule has 101 heavy (non-hydrogen) atoms. The van der Waals surface area contributed by atoms with Crippen molar-refractivity contribution in [2.24, 2.45) is 0 Å². The van der Waals surface area contributed by atoms with Gasteiger partial charge < -0.3 is 13.4 Å². The summed E-state index contributed by atoms with van der Waals surface area (Å²) in [4.78, 5) is 20.7. The summed E-state index contributed by atoms with van der Waals surface area (Å²) < 4.78 is 14.9. The molecule has 472 valence electrons. The van der Waals surface area contributed by atoms with Gasteiger partial charge in [-0.2, -0.15) is 0 Å². The van der Waals surface area contributed by atoms with Crippen LogP contribution in [0.25, 0.3) is 193 Å². The fourth-order valence-electron chi connectivity index (χ4n) is 15.3. The van der Waals surface area contributed by atoms with Crippen LogP contribution in [0.1, 0.15) is 11.1 Å². The molecule has 0 N–H and O–H groups in total. The number of furan rings is 2. The molecule has 0 fully saturated rings. The third-order valence-corrected chi connectivity index (χ3v) is 20.4. The molecule has 0 unspecified atom stereocenters. The van der Waals surface area contributed by atoms with E-state index in [1.165, 1.54) is 71.0 Å². The number of hydrogen-bond acceptors (Lipinski definition) is 6. The fraction of sp³-hybridized carbons (Fsp3) is 0.0108. The molecule has 5 aromatic heterocycles. The van der Waals surface area contributed by atoms with Crippen molar-refractivity contribution in [1.82, 2.24) is 24.5 Å². The van der Waals surface area contributed by atoms with E-state index in [-0.39, 0.29) is 0 Å². The highest BCUT2D eigenvalue weighted by molar-refractivity contribution is 6.36. The van der Waals surface area contributed by atoms with Gasteiger partial charge >= 0.3 is 0 Å². The Bertz CT molecular complexity index is 6980. The minimum atomic E-state index is 0.696. The van der Waals surface area contributed by atoms with E-state index in [1.54, 1.807) is 0 Å². The van der Waals surface area contributed by atoms with Gasteiger partial charge in [0.25, 0.3) is 0 Å². The lowest BCUT2D eigenvalue weighted by Gasteiger charge is -2.16. The second-order valence-electron chi connectivity index (χ2n) is 26.1. The lowest BCUT2D eigenvalue weighted by Crippen LogP contribution is -1.99. The molecule has 0 saturated heterocycles. The van der Waals surface area contributed by atoms with Crippen molar-refractivity contribution in [2.45, 2.75) is 6.42 Å². The zero-order valence-electron chi connectivity index (χ0n) is 54.3. The second-order valence-corrected chi connectivity index (χ2v) is 26.5. The van der Waals surface area contributed by atoms with E-state index < -0.39 is 0 Å². The smallest absolute Gasteiger partial charge is 0.136 e. The van der Waals surface area contributed by atoms with Gasteiger partial charge in [0.1, 0.15) is 22.3 Å². The molecule has 0 bridgehead atoms. The third-order valence-electron chi connectivity index (χ3n) is 20.1. The van der Waals surface area contributed by atoms with Crippen molar-refractivity contribution in [2.75, 3.05) is 0 Å². The summed E-state index contributed by atoms with van der Waals surface area (Å²) in [6.07, 6.45) is 1.08. The van der Waals surface area contributed by atoms with E-state index in [0.717, 1.165) is 139 Å². The third kappa shape index (κ3) is 9.96. The maximum absolute atomic E-state index is 6.69. The van der Waals surface area contributed by atoms with Crippen LogP contribution >= 0.6 is 11.6 Å². The van der Waals surface area contributed by atoms with Gasteiger partial charge in [-0.05, 0) is 170 Å². The molecule has 7 nitrogen and oxygen atoms in total. The van der Waals surface area contributed by atoms with Crippen molar-refractivity contribution >= 4 is 142 Å². The van der Waals surface area contributed by atoms with Crippen LogP contribution in [0.3, 0.4) is 0 Å². The largest absolute Gasteiger partial charge is 0.456 e. The topological polar surface area (TPSA) is 82.8 Å². The van der Waals surface area contributed by atoms with Crippen molar-refractivity contribution in [3.05, 3.63) is 344 Å². The zero-order valence-corrected chi connectivity index (χ0v) is 55.1. The monoisotopic (exact) mass is 1310 g/mol. The van der Waals surface area contributed by atoms with E-state index in [9.17, 15) is 0 Å². The van der Waals surface area contributed by atoms with Gasteiger partial charge in [-0.1, -0.05) is 230 Å². The molecule has 16 aromatic carbocycles. The molecule has 8 heteroatoms. The summed E-state index contributed by atoms with van der Waals surface area (Å²) in [5, 5.41) is 17.1. The molecule has 21 aromatic rings. The van der Waals surface area contributed by atoms with Crippen LogP contribution in [0.4, 0.5) is 0 Å². The Morgan fingerprint density at radius 2 is 0.683 bits per heavy atom. The van der Waals surface area contributed by atoms with Crippen LogP contribution in [0.2, 0.25) is 5.02 Å². The molecule has 1 aliphatic carbocycles.